The SMILES string of the molecule is CCC1NC(CC)N(CC2CCN(C(C)C)C2)C1=O. The Hall–Kier alpha value is -0.610. The van der Waals surface area contributed by atoms with Crippen LogP contribution in [-0.2, 0) is 4.79 Å². The highest BCUT2D eigenvalue weighted by molar-refractivity contribution is 5.84. The summed E-state index contributed by atoms with van der Waals surface area (Å²) in [6.45, 7) is 12.0. The van der Waals surface area contributed by atoms with E-state index < -0.39 is 0 Å². The summed E-state index contributed by atoms with van der Waals surface area (Å²) in [5.41, 5.74) is 0. The predicted octanol–water partition coefficient (Wildman–Crippen LogP) is 1.66. The van der Waals surface area contributed by atoms with Gasteiger partial charge in [0.25, 0.3) is 0 Å². The van der Waals surface area contributed by atoms with Crippen molar-refractivity contribution in [3.63, 3.8) is 0 Å². The average molecular weight is 267 g/mol. The van der Waals surface area contributed by atoms with E-state index in [9.17, 15) is 4.79 Å². The number of likely N-dealkylation sites (tertiary alicyclic amines) is 1. The van der Waals surface area contributed by atoms with E-state index in [-0.39, 0.29) is 12.2 Å². The summed E-state index contributed by atoms with van der Waals surface area (Å²) in [5, 5.41) is 3.46. The van der Waals surface area contributed by atoms with Crippen LogP contribution >= 0.6 is 0 Å². The first kappa shape index (κ1) is 14.8. The molecule has 0 radical (unpaired) electrons. The van der Waals surface area contributed by atoms with E-state index in [4.69, 9.17) is 0 Å². The maximum absolute atomic E-state index is 12.4. The Morgan fingerprint density at radius 1 is 1.32 bits per heavy atom. The second-order valence-corrected chi connectivity index (χ2v) is 6.29. The maximum atomic E-state index is 12.4. The van der Waals surface area contributed by atoms with Crippen LogP contribution in [0.15, 0.2) is 0 Å². The number of hydrogen-bond acceptors (Lipinski definition) is 3. The molecule has 2 heterocycles. The number of amides is 1. The van der Waals surface area contributed by atoms with Gasteiger partial charge in [-0.25, -0.2) is 0 Å². The van der Waals surface area contributed by atoms with E-state index in [1.54, 1.807) is 0 Å². The Balaban J connectivity index is 1.93. The van der Waals surface area contributed by atoms with Gasteiger partial charge in [0, 0.05) is 19.1 Å². The summed E-state index contributed by atoms with van der Waals surface area (Å²) < 4.78 is 0. The van der Waals surface area contributed by atoms with Crippen LogP contribution in [0.2, 0.25) is 0 Å². The van der Waals surface area contributed by atoms with Crippen molar-refractivity contribution in [3.05, 3.63) is 0 Å². The molecule has 110 valence electrons. The standard InChI is InChI=1S/C15H29N3O/c1-5-13-15(19)18(14(6-2)16-13)10-12-7-8-17(9-12)11(3)4/h11-14,16H,5-10H2,1-4H3. The van der Waals surface area contributed by atoms with Crippen molar-refractivity contribution in [3.8, 4) is 0 Å². The van der Waals surface area contributed by atoms with Gasteiger partial charge >= 0.3 is 0 Å². The van der Waals surface area contributed by atoms with Crippen molar-refractivity contribution in [1.82, 2.24) is 15.1 Å². The second kappa shape index (κ2) is 6.23. The highest BCUT2D eigenvalue weighted by Crippen LogP contribution is 2.23. The summed E-state index contributed by atoms with van der Waals surface area (Å²) >= 11 is 0. The first-order chi connectivity index (χ1) is 9.06. The summed E-state index contributed by atoms with van der Waals surface area (Å²) in [4.78, 5) is 17.0. The molecule has 1 amide bonds. The van der Waals surface area contributed by atoms with Gasteiger partial charge in [-0.15, -0.1) is 0 Å². The molecule has 4 nitrogen and oxygen atoms in total. The van der Waals surface area contributed by atoms with Crippen molar-refractivity contribution >= 4 is 5.91 Å². The fourth-order valence-corrected chi connectivity index (χ4v) is 3.35. The fraction of sp³-hybridized carbons (Fsp3) is 0.933. The number of carbonyl (C=O) groups excluding carboxylic acids is 1. The van der Waals surface area contributed by atoms with Crippen molar-refractivity contribution in [1.29, 1.82) is 0 Å². The van der Waals surface area contributed by atoms with Crippen LogP contribution in [0.3, 0.4) is 0 Å². The molecule has 0 aromatic carbocycles. The Kier molecular flexibility index (Phi) is 4.85. The molecular weight excluding hydrogens is 238 g/mol. The van der Waals surface area contributed by atoms with Gasteiger partial charge in [0.15, 0.2) is 0 Å². The van der Waals surface area contributed by atoms with Gasteiger partial charge in [-0.2, -0.15) is 0 Å². The molecule has 1 N–H and O–H groups in total. The van der Waals surface area contributed by atoms with E-state index in [0.717, 1.165) is 25.9 Å². The number of nitrogens with one attached hydrogen (secondary N) is 1. The van der Waals surface area contributed by atoms with E-state index in [1.165, 1.54) is 13.0 Å². The first-order valence-corrected chi connectivity index (χ1v) is 7.87. The highest BCUT2D eigenvalue weighted by Gasteiger charge is 2.38. The lowest BCUT2D eigenvalue weighted by Crippen LogP contribution is -2.40. The van der Waals surface area contributed by atoms with Crippen LogP contribution in [0.4, 0.5) is 0 Å². The lowest BCUT2D eigenvalue weighted by Gasteiger charge is -2.27. The molecule has 2 aliphatic rings. The minimum absolute atomic E-state index is 0.0487. The van der Waals surface area contributed by atoms with Crippen molar-refractivity contribution in [2.45, 2.75) is 65.2 Å². The molecule has 0 saturated carbocycles. The molecule has 0 aliphatic carbocycles. The van der Waals surface area contributed by atoms with E-state index >= 15 is 0 Å². The lowest BCUT2D eigenvalue weighted by molar-refractivity contribution is -0.130. The van der Waals surface area contributed by atoms with Crippen LogP contribution in [0.1, 0.15) is 47.0 Å². The third-order valence-electron chi connectivity index (χ3n) is 4.65. The largest absolute Gasteiger partial charge is 0.325 e. The topological polar surface area (TPSA) is 35.6 Å². The Labute approximate surface area is 117 Å². The van der Waals surface area contributed by atoms with Gasteiger partial charge in [-0.3, -0.25) is 10.1 Å². The van der Waals surface area contributed by atoms with E-state index in [2.05, 4.69) is 42.8 Å². The number of nitrogens with zero attached hydrogens (tertiary/aromatic N) is 2. The second-order valence-electron chi connectivity index (χ2n) is 6.29. The maximum Gasteiger partial charge on any atom is 0.241 e. The molecule has 2 fully saturated rings. The molecule has 2 rings (SSSR count). The minimum atomic E-state index is 0.0487. The Morgan fingerprint density at radius 2 is 2.05 bits per heavy atom. The Morgan fingerprint density at radius 3 is 2.58 bits per heavy atom. The van der Waals surface area contributed by atoms with Gasteiger partial charge in [0.2, 0.25) is 5.91 Å². The van der Waals surface area contributed by atoms with Crippen molar-refractivity contribution in [2.75, 3.05) is 19.6 Å². The van der Waals surface area contributed by atoms with Gasteiger partial charge < -0.3 is 9.80 Å². The molecule has 4 heteroatoms. The number of carbonyl (C=O) groups is 1. The summed E-state index contributed by atoms with van der Waals surface area (Å²) in [7, 11) is 0. The Bertz CT molecular complexity index is 319. The first-order valence-electron chi connectivity index (χ1n) is 7.87. The molecule has 2 aliphatic heterocycles. The summed E-state index contributed by atoms with van der Waals surface area (Å²) in [5.74, 6) is 0.968. The van der Waals surface area contributed by atoms with E-state index in [0.29, 0.717) is 17.9 Å². The van der Waals surface area contributed by atoms with Crippen molar-refractivity contribution in [2.24, 2.45) is 5.92 Å². The van der Waals surface area contributed by atoms with E-state index in [1.807, 2.05) is 0 Å². The van der Waals surface area contributed by atoms with Crippen LogP contribution in [0.25, 0.3) is 0 Å². The molecule has 19 heavy (non-hydrogen) atoms. The smallest absolute Gasteiger partial charge is 0.241 e. The predicted molar refractivity (Wildman–Crippen MR) is 77.8 cm³/mol. The third-order valence-corrected chi connectivity index (χ3v) is 4.65. The summed E-state index contributed by atoms with van der Waals surface area (Å²) in [6, 6.07) is 0.676. The van der Waals surface area contributed by atoms with Gasteiger partial charge in [-0.05, 0) is 45.6 Å². The fourth-order valence-electron chi connectivity index (χ4n) is 3.35. The number of rotatable bonds is 5. The molecule has 0 bridgehead atoms. The zero-order valence-electron chi connectivity index (χ0n) is 12.9. The van der Waals surface area contributed by atoms with Crippen LogP contribution < -0.4 is 5.32 Å². The molecule has 0 aromatic heterocycles. The summed E-state index contributed by atoms with van der Waals surface area (Å²) in [6.07, 6.45) is 3.39. The van der Waals surface area contributed by atoms with Gasteiger partial charge in [0.1, 0.15) is 0 Å². The van der Waals surface area contributed by atoms with Crippen LogP contribution in [-0.4, -0.2) is 53.6 Å². The monoisotopic (exact) mass is 267 g/mol. The lowest BCUT2D eigenvalue weighted by atomic mass is 10.1. The molecular formula is C15H29N3O. The quantitative estimate of drug-likeness (QED) is 0.823. The molecule has 3 atom stereocenters. The molecule has 0 spiro atoms. The molecule has 3 unspecified atom stereocenters. The van der Waals surface area contributed by atoms with Crippen LogP contribution in [0.5, 0.6) is 0 Å². The minimum Gasteiger partial charge on any atom is -0.325 e. The highest BCUT2D eigenvalue weighted by atomic mass is 16.2. The number of hydrogen-bond donors (Lipinski definition) is 1. The zero-order valence-corrected chi connectivity index (χ0v) is 12.9. The molecule has 0 aromatic rings. The van der Waals surface area contributed by atoms with Crippen LogP contribution in [0, 0.1) is 5.92 Å². The van der Waals surface area contributed by atoms with Gasteiger partial charge in [-0.1, -0.05) is 13.8 Å². The van der Waals surface area contributed by atoms with Gasteiger partial charge in [0.05, 0.1) is 12.2 Å². The average Bonchev–Trinajstić information content (AvgIpc) is 2.96. The molecule has 2 saturated heterocycles. The normalized spacial score (nSPS) is 32.8. The third kappa shape index (κ3) is 3.11. The zero-order chi connectivity index (χ0) is 14.0. The van der Waals surface area contributed by atoms with Crippen molar-refractivity contribution < 1.29 is 4.79 Å².